The lowest BCUT2D eigenvalue weighted by Crippen LogP contribution is -2.28. The predicted octanol–water partition coefficient (Wildman–Crippen LogP) is 3.63. The van der Waals surface area contributed by atoms with Crippen LogP contribution in [0.3, 0.4) is 0 Å². The Hall–Kier alpha value is -1.76. The van der Waals surface area contributed by atoms with Gasteiger partial charge in [-0.1, -0.05) is 35.3 Å². The van der Waals surface area contributed by atoms with E-state index in [0.29, 0.717) is 26.9 Å². The molecule has 5 nitrogen and oxygen atoms in total. The molecule has 2 aromatic carbocycles. The van der Waals surface area contributed by atoms with Crippen molar-refractivity contribution in [1.82, 2.24) is 5.32 Å². The Morgan fingerprint density at radius 3 is 2.48 bits per heavy atom. The highest BCUT2D eigenvalue weighted by Crippen LogP contribution is 2.25. The first-order valence-electron chi connectivity index (χ1n) is 7.37. The number of rotatable bonds is 5. The van der Waals surface area contributed by atoms with E-state index >= 15 is 0 Å². The maximum atomic E-state index is 12.5. The summed E-state index contributed by atoms with van der Waals surface area (Å²) in [7, 11) is -1.96. The molecule has 0 unspecified atom stereocenters. The summed E-state index contributed by atoms with van der Waals surface area (Å²) < 4.78 is 24.6. The highest BCUT2D eigenvalue weighted by molar-refractivity contribution is 7.92. The van der Waals surface area contributed by atoms with Gasteiger partial charge in [0, 0.05) is 29.2 Å². The number of nitrogens with zero attached hydrogens (tertiary/aromatic N) is 1. The molecule has 8 heteroatoms. The quantitative estimate of drug-likeness (QED) is 0.832. The second-order valence-corrected chi connectivity index (χ2v) is 8.46. The monoisotopic (exact) mass is 400 g/mol. The van der Waals surface area contributed by atoms with E-state index in [-0.39, 0.29) is 12.5 Å². The summed E-state index contributed by atoms with van der Waals surface area (Å²) in [6.45, 7) is 1.95. The summed E-state index contributed by atoms with van der Waals surface area (Å²) in [6.07, 6.45) is 1.11. The summed E-state index contributed by atoms with van der Waals surface area (Å²) >= 11 is 12.0. The van der Waals surface area contributed by atoms with Crippen LogP contribution in [0.4, 0.5) is 5.69 Å². The maximum Gasteiger partial charge on any atom is 0.251 e. The minimum absolute atomic E-state index is 0.237. The minimum atomic E-state index is -3.41. The van der Waals surface area contributed by atoms with Gasteiger partial charge < -0.3 is 5.32 Å². The van der Waals surface area contributed by atoms with Gasteiger partial charge in [-0.15, -0.1) is 0 Å². The lowest BCUT2D eigenvalue weighted by molar-refractivity contribution is 0.0950. The Bertz CT molecular complexity index is 914. The van der Waals surface area contributed by atoms with Gasteiger partial charge in [-0.3, -0.25) is 9.10 Å². The highest BCUT2D eigenvalue weighted by Gasteiger charge is 2.18. The van der Waals surface area contributed by atoms with Crippen molar-refractivity contribution in [2.24, 2.45) is 0 Å². The van der Waals surface area contributed by atoms with Gasteiger partial charge in [0.15, 0.2) is 0 Å². The zero-order valence-corrected chi connectivity index (χ0v) is 16.3. The van der Waals surface area contributed by atoms with Crippen molar-refractivity contribution < 1.29 is 13.2 Å². The molecule has 134 valence electrons. The topological polar surface area (TPSA) is 66.5 Å². The Labute approximate surface area is 157 Å². The van der Waals surface area contributed by atoms with Crippen LogP contribution in [0.5, 0.6) is 0 Å². The lowest BCUT2D eigenvalue weighted by Gasteiger charge is -2.20. The van der Waals surface area contributed by atoms with Crippen molar-refractivity contribution in [2.45, 2.75) is 13.5 Å². The van der Waals surface area contributed by atoms with E-state index in [9.17, 15) is 13.2 Å². The molecule has 0 bridgehead atoms. The van der Waals surface area contributed by atoms with Crippen LogP contribution in [0.25, 0.3) is 0 Å². The zero-order chi connectivity index (χ0) is 18.8. The SMILES string of the molecule is Cc1c(C(=O)NCc2ccc(Cl)cc2Cl)cccc1N(C)S(C)(=O)=O. The van der Waals surface area contributed by atoms with Gasteiger partial charge in [0.1, 0.15) is 0 Å². The minimum Gasteiger partial charge on any atom is -0.348 e. The summed E-state index contributed by atoms with van der Waals surface area (Å²) in [5.41, 5.74) is 2.18. The van der Waals surface area contributed by atoms with Gasteiger partial charge in [-0.05, 0) is 42.3 Å². The number of carbonyl (C=O) groups excluding carboxylic acids is 1. The first kappa shape index (κ1) is 19.6. The van der Waals surface area contributed by atoms with Crippen molar-refractivity contribution in [3.63, 3.8) is 0 Å². The van der Waals surface area contributed by atoms with Crippen molar-refractivity contribution in [3.8, 4) is 0 Å². The summed E-state index contributed by atoms with van der Waals surface area (Å²) in [4.78, 5) is 12.5. The van der Waals surface area contributed by atoms with Crippen LogP contribution in [-0.4, -0.2) is 27.6 Å². The molecule has 0 aliphatic rings. The molecule has 0 saturated carbocycles. The van der Waals surface area contributed by atoms with Gasteiger partial charge in [0.25, 0.3) is 5.91 Å². The number of hydrogen-bond acceptors (Lipinski definition) is 3. The van der Waals surface area contributed by atoms with Crippen LogP contribution in [0.15, 0.2) is 36.4 Å². The Morgan fingerprint density at radius 2 is 1.88 bits per heavy atom. The van der Waals surface area contributed by atoms with Gasteiger partial charge in [-0.25, -0.2) is 8.42 Å². The van der Waals surface area contributed by atoms with Crippen LogP contribution in [0.2, 0.25) is 10.0 Å². The zero-order valence-electron chi connectivity index (χ0n) is 14.0. The van der Waals surface area contributed by atoms with Crippen LogP contribution in [0, 0.1) is 6.92 Å². The average molecular weight is 401 g/mol. The third-order valence-electron chi connectivity index (χ3n) is 3.84. The third kappa shape index (κ3) is 4.66. The molecular weight excluding hydrogens is 383 g/mol. The number of nitrogens with one attached hydrogen (secondary N) is 1. The highest BCUT2D eigenvalue weighted by atomic mass is 35.5. The largest absolute Gasteiger partial charge is 0.348 e. The van der Waals surface area contributed by atoms with Gasteiger partial charge in [0.05, 0.1) is 11.9 Å². The van der Waals surface area contributed by atoms with E-state index in [4.69, 9.17) is 23.2 Å². The maximum absolute atomic E-state index is 12.5. The van der Waals surface area contributed by atoms with Crippen molar-refractivity contribution in [1.29, 1.82) is 0 Å². The molecule has 0 radical (unpaired) electrons. The van der Waals surface area contributed by atoms with Crippen molar-refractivity contribution in [2.75, 3.05) is 17.6 Å². The molecule has 0 aromatic heterocycles. The molecule has 0 aliphatic carbocycles. The Balaban J connectivity index is 2.22. The average Bonchev–Trinajstić information content (AvgIpc) is 2.52. The van der Waals surface area contributed by atoms with E-state index in [2.05, 4.69) is 5.32 Å². The number of anilines is 1. The number of hydrogen-bond donors (Lipinski definition) is 1. The van der Waals surface area contributed by atoms with Crippen molar-refractivity contribution in [3.05, 3.63) is 63.1 Å². The molecule has 25 heavy (non-hydrogen) atoms. The predicted molar refractivity (Wildman–Crippen MR) is 102 cm³/mol. The second kappa shape index (κ2) is 7.64. The Morgan fingerprint density at radius 1 is 1.20 bits per heavy atom. The van der Waals surface area contributed by atoms with E-state index in [1.165, 1.54) is 7.05 Å². The number of benzene rings is 2. The summed E-state index contributed by atoms with van der Waals surface area (Å²) in [5, 5.41) is 3.78. The number of halogens is 2. The number of sulfonamides is 1. The molecule has 0 saturated heterocycles. The molecule has 2 rings (SSSR count). The van der Waals surface area contributed by atoms with Gasteiger partial charge in [0.2, 0.25) is 10.0 Å². The summed E-state index contributed by atoms with van der Waals surface area (Å²) in [5.74, 6) is -0.313. The molecule has 0 heterocycles. The summed E-state index contributed by atoms with van der Waals surface area (Å²) in [6, 6.07) is 10.00. The smallest absolute Gasteiger partial charge is 0.251 e. The normalized spacial score (nSPS) is 11.2. The number of carbonyl (C=O) groups is 1. The molecule has 2 aromatic rings. The number of amides is 1. The standard InChI is InChI=1S/C17H18Cl2N2O3S/c1-11-14(5-4-6-16(11)21(2)25(3,23)24)17(22)20-10-12-7-8-13(18)9-15(12)19/h4-9H,10H2,1-3H3,(H,20,22). The molecule has 0 spiro atoms. The fourth-order valence-electron chi connectivity index (χ4n) is 2.33. The fraction of sp³-hybridized carbons (Fsp3) is 0.235. The van der Waals surface area contributed by atoms with E-state index in [1.54, 1.807) is 43.3 Å². The van der Waals surface area contributed by atoms with Crippen LogP contribution < -0.4 is 9.62 Å². The molecule has 1 amide bonds. The second-order valence-electron chi connectivity index (χ2n) is 5.60. The van der Waals surface area contributed by atoms with Gasteiger partial charge >= 0.3 is 0 Å². The first-order chi connectivity index (χ1) is 11.6. The van der Waals surface area contributed by atoms with E-state index < -0.39 is 10.0 Å². The molecule has 0 aliphatic heterocycles. The van der Waals surface area contributed by atoms with E-state index in [1.807, 2.05) is 0 Å². The molecule has 0 fully saturated rings. The fourth-order valence-corrected chi connectivity index (χ4v) is 3.36. The van der Waals surface area contributed by atoms with Crippen LogP contribution >= 0.6 is 23.2 Å². The van der Waals surface area contributed by atoms with Crippen LogP contribution in [0.1, 0.15) is 21.5 Å². The van der Waals surface area contributed by atoms with E-state index in [0.717, 1.165) is 16.1 Å². The first-order valence-corrected chi connectivity index (χ1v) is 9.97. The van der Waals surface area contributed by atoms with Crippen molar-refractivity contribution >= 4 is 44.8 Å². The Kier molecular flexibility index (Phi) is 5.98. The van der Waals surface area contributed by atoms with Crippen LogP contribution in [-0.2, 0) is 16.6 Å². The van der Waals surface area contributed by atoms with Gasteiger partial charge in [-0.2, -0.15) is 0 Å². The molecular formula is C17H18Cl2N2O3S. The lowest BCUT2D eigenvalue weighted by atomic mass is 10.1. The third-order valence-corrected chi connectivity index (χ3v) is 5.62. The molecule has 0 atom stereocenters. The molecule has 1 N–H and O–H groups in total.